The van der Waals surface area contributed by atoms with Crippen LogP contribution < -0.4 is 5.32 Å². The molecule has 3 nitrogen and oxygen atoms in total. The largest absolute Gasteiger partial charge is 0.389 e. The second-order valence-electron chi connectivity index (χ2n) is 8.19. The van der Waals surface area contributed by atoms with E-state index in [4.69, 9.17) is 0 Å². The summed E-state index contributed by atoms with van der Waals surface area (Å²) in [6.07, 6.45) is 6.79. The predicted molar refractivity (Wildman–Crippen MR) is 91.6 cm³/mol. The third kappa shape index (κ3) is 7.12. The third-order valence-corrected chi connectivity index (χ3v) is 4.71. The molecule has 1 aliphatic rings. The van der Waals surface area contributed by atoms with Gasteiger partial charge in [0.25, 0.3) is 0 Å². The topological polar surface area (TPSA) is 35.5 Å². The molecule has 21 heavy (non-hydrogen) atoms. The Bertz CT molecular complexity index is 287. The van der Waals surface area contributed by atoms with Gasteiger partial charge in [-0.2, -0.15) is 0 Å². The first-order valence-electron chi connectivity index (χ1n) is 8.90. The lowest BCUT2D eigenvalue weighted by atomic mass is 9.84. The van der Waals surface area contributed by atoms with E-state index in [9.17, 15) is 5.11 Å². The smallest absolute Gasteiger partial charge is 0.0774 e. The number of likely N-dealkylation sites (N-methyl/N-ethyl adjacent to an activating group) is 1. The lowest BCUT2D eigenvalue weighted by Crippen LogP contribution is -2.46. The van der Waals surface area contributed by atoms with E-state index < -0.39 is 5.60 Å². The number of hydrogen-bond donors (Lipinski definition) is 2. The second kappa shape index (κ2) is 8.50. The van der Waals surface area contributed by atoms with Crippen LogP contribution in [0.4, 0.5) is 0 Å². The Labute approximate surface area is 132 Å². The van der Waals surface area contributed by atoms with Crippen molar-refractivity contribution in [3.05, 3.63) is 0 Å². The van der Waals surface area contributed by atoms with E-state index in [1.807, 2.05) is 0 Å². The Morgan fingerprint density at radius 3 is 2.43 bits per heavy atom. The van der Waals surface area contributed by atoms with Gasteiger partial charge >= 0.3 is 0 Å². The van der Waals surface area contributed by atoms with Gasteiger partial charge in [0.05, 0.1) is 5.60 Å². The molecule has 2 N–H and O–H groups in total. The second-order valence-corrected chi connectivity index (χ2v) is 8.19. The molecule has 126 valence electrons. The quantitative estimate of drug-likeness (QED) is 0.650. The summed E-state index contributed by atoms with van der Waals surface area (Å²) in [6, 6.07) is 0. The summed E-state index contributed by atoms with van der Waals surface area (Å²) in [5, 5.41) is 14.2. The van der Waals surface area contributed by atoms with Crippen LogP contribution in [0.5, 0.6) is 0 Å². The van der Waals surface area contributed by atoms with Gasteiger partial charge in [-0.15, -0.1) is 0 Å². The summed E-state index contributed by atoms with van der Waals surface area (Å²) in [4.78, 5) is 2.36. The average Bonchev–Trinajstić information content (AvgIpc) is 2.74. The molecule has 0 spiro atoms. The highest BCUT2D eigenvalue weighted by Gasteiger charge is 2.34. The Morgan fingerprint density at radius 2 is 1.90 bits per heavy atom. The van der Waals surface area contributed by atoms with Crippen molar-refractivity contribution in [3.63, 3.8) is 0 Å². The minimum Gasteiger partial charge on any atom is -0.389 e. The number of rotatable bonds is 10. The lowest BCUT2D eigenvalue weighted by Gasteiger charge is -2.37. The van der Waals surface area contributed by atoms with Crippen LogP contribution in [0.1, 0.15) is 66.2 Å². The van der Waals surface area contributed by atoms with Crippen LogP contribution in [0.15, 0.2) is 0 Å². The Morgan fingerprint density at radius 1 is 1.29 bits per heavy atom. The lowest BCUT2D eigenvalue weighted by molar-refractivity contribution is 0.00591. The first kappa shape index (κ1) is 18.9. The van der Waals surface area contributed by atoms with Crippen LogP contribution in [0.2, 0.25) is 0 Å². The van der Waals surface area contributed by atoms with E-state index >= 15 is 0 Å². The molecular weight excluding hydrogens is 260 g/mol. The van der Waals surface area contributed by atoms with Crippen molar-refractivity contribution in [2.24, 2.45) is 11.3 Å². The average molecular weight is 299 g/mol. The van der Waals surface area contributed by atoms with E-state index in [1.54, 1.807) is 0 Å². The van der Waals surface area contributed by atoms with Gasteiger partial charge in [0.2, 0.25) is 0 Å². The standard InChI is InChI=1S/C18H38N2O/c1-6-9-17(4,13-19-12-16(2)3)14-20(5)15-18(21)10-7-8-11-18/h16,19,21H,6-15H2,1-5H3. The molecule has 1 aliphatic carbocycles. The molecule has 0 aromatic rings. The fourth-order valence-electron chi connectivity index (χ4n) is 3.89. The van der Waals surface area contributed by atoms with Crippen LogP contribution in [0, 0.1) is 11.3 Å². The van der Waals surface area contributed by atoms with Gasteiger partial charge in [0.15, 0.2) is 0 Å². The van der Waals surface area contributed by atoms with Crippen LogP contribution >= 0.6 is 0 Å². The van der Waals surface area contributed by atoms with Crippen molar-refractivity contribution in [3.8, 4) is 0 Å². The zero-order valence-electron chi connectivity index (χ0n) is 15.0. The number of hydrogen-bond acceptors (Lipinski definition) is 3. The highest BCUT2D eigenvalue weighted by molar-refractivity contribution is 4.89. The highest BCUT2D eigenvalue weighted by Crippen LogP contribution is 2.31. The van der Waals surface area contributed by atoms with E-state index in [2.05, 4.69) is 45.0 Å². The van der Waals surface area contributed by atoms with Gasteiger partial charge in [-0.25, -0.2) is 0 Å². The maximum absolute atomic E-state index is 10.6. The predicted octanol–water partition coefficient (Wildman–Crippen LogP) is 3.28. The van der Waals surface area contributed by atoms with Crippen molar-refractivity contribution in [1.82, 2.24) is 10.2 Å². The zero-order chi connectivity index (χ0) is 15.9. The van der Waals surface area contributed by atoms with Gasteiger partial charge in [-0.3, -0.25) is 0 Å². The van der Waals surface area contributed by atoms with E-state index in [1.165, 1.54) is 25.7 Å². The van der Waals surface area contributed by atoms with Gasteiger partial charge in [0, 0.05) is 19.6 Å². The van der Waals surface area contributed by atoms with Crippen molar-refractivity contribution in [1.29, 1.82) is 0 Å². The molecule has 0 aromatic carbocycles. The molecule has 0 amide bonds. The minimum absolute atomic E-state index is 0.299. The van der Waals surface area contributed by atoms with Crippen molar-refractivity contribution >= 4 is 0 Å². The summed E-state index contributed by atoms with van der Waals surface area (Å²) in [7, 11) is 2.17. The Balaban J connectivity index is 2.47. The minimum atomic E-state index is -0.423. The molecule has 0 bridgehead atoms. The number of aliphatic hydroxyl groups is 1. The maximum atomic E-state index is 10.6. The fourth-order valence-corrected chi connectivity index (χ4v) is 3.89. The number of nitrogens with zero attached hydrogens (tertiary/aromatic N) is 1. The molecule has 0 heterocycles. The molecule has 0 radical (unpaired) electrons. The Hall–Kier alpha value is -0.120. The highest BCUT2D eigenvalue weighted by atomic mass is 16.3. The van der Waals surface area contributed by atoms with Crippen LogP contribution in [-0.4, -0.2) is 48.8 Å². The summed E-state index contributed by atoms with van der Waals surface area (Å²) < 4.78 is 0. The molecule has 0 aromatic heterocycles. The van der Waals surface area contributed by atoms with Crippen molar-refractivity contribution < 1.29 is 5.11 Å². The summed E-state index contributed by atoms with van der Waals surface area (Å²) in [5.41, 5.74) is -0.124. The maximum Gasteiger partial charge on any atom is 0.0774 e. The molecule has 1 atom stereocenters. The van der Waals surface area contributed by atoms with E-state index in [0.29, 0.717) is 11.3 Å². The Kier molecular flexibility index (Phi) is 7.66. The first-order chi connectivity index (χ1) is 9.79. The molecule has 1 saturated carbocycles. The van der Waals surface area contributed by atoms with Crippen molar-refractivity contribution in [2.75, 3.05) is 33.2 Å². The van der Waals surface area contributed by atoms with Crippen LogP contribution in [0.25, 0.3) is 0 Å². The molecule has 1 unspecified atom stereocenters. The van der Waals surface area contributed by atoms with E-state index in [0.717, 1.165) is 39.0 Å². The van der Waals surface area contributed by atoms with Gasteiger partial charge < -0.3 is 15.3 Å². The molecular formula is C18H38N2O. The summed E-state index contributed by atoms with van der Waals surface area (Å²) in [6.45, 7) is 13.2. The third-order valence-electron chi connectivity index (χ3n) is 4.71. The SMILES string of the molecule is CCCC(C)(CNCC(C)C)CN(C)CC1(O)CCCC1. The summed E-state index contributed by atoms with van der Waals surface area (Å²) in [5.74, 6) is 0.702. The normalized spacial score (nSPS) is 21.1. The molecule has 1 rings (SSSR count). The first-order valence-corrected chi connectivity index (χ1v) is 8.90. The van der Waals surface area contributed by atoms with Crippen molar-refractivity contribution in [2.45, 2.75) is 71.8 Å². The van der Waals surface area contributed by atoms with E-state index in [-0.39, 0.29) is 0 Å². The molecule has 1 fully saturated rings. The number of nitrogens with one attached hydrogen (secondary N) is 1. The molecule has 3 heteroatoms. The molecule has 0 saturated heterocycles. The van der Waals surface area contributed by atoms with Gasteiger partial charge in [-0.1, -0.05) is 47.0 Å². The molecule has 0 aliphatic heterocycles. The monoisotopic (exact) mass is 298 g/mol. The van der Waals surface area contributed by atoms with Crippen LogP contribution in [0.3, 0.4) is 0 Å². The summed E-state index contributed by atoms with van der Waals surface area (Å²) >= 11 is 0. The fraction of sp³-hybridized carbons (Fsp3) is 1.00. The van der Waals surface area contributed by atoms with Gasteiger partial charge in [0.1, 0.15) is 0 Å². The van der Waals surface area contributed by atoms with Gasteiger partial charge in [-0.05, 0) is 44.2 Å². The van der Waals surface area contributed by atoms with Crippen LogP contribution in [-0.2, 0) is 0 Å². The zero-order valence-corrected chi connectivity index (χ0v) is 15.0.